The summed E-state index contributed by atoms with van der Waals surface area (Å²) in [6, 6.07) is 0. The molecule has 0 bridgehead atoms. The van der Waals surface area contributed by atoms with E-state index in [0.717, 1.165) is 11.8 Å². The van der Waals surface area contributed by atoms with Crippen molar-refractivity contribution in [1.29, 1.82) is 0 Å². The predicted octanol–water partition coefficient (Wildman–Crippen LogP) is 2.09. The third-order valence-corrected chi connectivity index (χ3v) is 2.93. The van der Waals surface area contributed by atoms with Crippen LogP contribution in [0.5, 0.6) is 0 Å². The van der Waals surface area contributed by atoms with Gasteiger partial charge in [-0.2, -0.15) is 0 Å². The first-order valence-electron chi connectivity index (χ1n) is 4.00. The van der Waals surface area contributed by atoms with Crippen molar-refractivity contribution in [2.24, 2.45) is 0 Å². The average Bonchev–Trinajstić information content (AvgIpc) is 2.16. The van der Waals surface area contributed by atoms with E-state index in [1.54, 1.807) is 0 Å². The van der Waals surface area contributed by atoms with Gasteiger partial charge in [-0.1, -0.05) is 30.3 Å². The molecule has 0 radical (unpaired) electrons. The van der Waals surface area contributed by atoms with Gasteiger partial charge in [0.1, 0.15) is 5.25 Å². The van der Waals surface area contributed by atoms with E-state index in [-0.39, 0.29) is 0 Å². The summed E-state index contributed by atoms with van der Waals surface area (Å²) in [6.07, 6.45) is 3.43. The molecule has 0 amide bonds. The molecule has 1 rings (SSSR count). The van der Waals surface area contributed by atoms with Crippen molar-refractivity contribution < 1.29 is 9.90 Å². The Labute approximate surface area is 90.7 Å². The fourth-order valence-corrected chi connectivity index (χ4v) is 1.64. The van der Waals surface area contributed by atoms with E-state index in [0.29, 0.717) is 16.6 Å². The first-order chi connectivity index (χ1) is 6.63. The summed E-state index contributed by atoms with van der Waals surface area (Å²) in [5.74, 6) is -0.851. The Kier molecular flexibility index (Phi) is 4.16. The smallest absolute Gasteiger partial charge is 0.317 e. The van der Waals surface area contributed by atoms with Crippen LogP contribution < -0.4 is 0 Å². The van der Waals surface area contributed by atoms with E-state index in [1.165, 1.54) is 12.4 Å². The Morgan fingerprint density at radius 3 is 2.64 bits per heavy atom. The quantitative estimate of drug-likeness (QED) is 0.636. The number of aromatic nitrogens is 2. The SMILES string of the molecule is CCC(Sc1ncc(Cl)cn1)C(=O)O. The second kappa shape index (κ2) is 5.17. The van der Waals surface area contributed by atoms with Crippen molar-refractivity contribution in [3.05, 3.63) is 17.4 Å². The number of nitrogens with zero attached hydrogens (tertiary/aromatic N) is 2. The Morgan fingerprint density at radius 1 is 1.64 bits per heavy atom. The molecule has 0 fully saturated rings. The Balaban J connectivity index is 2.67. The van der Waals surface area contributed by atoms with E-state index < -0.39 is 11.2 Å². The lowest BCUT2D eigenvalue weighted by Crippen LogP contribution is -2.15. The van der Waals surface area contributed by atoms with Crippen LogP contribution in [0, 0.1) is 0 Å². The number of carbonyl (C=O) groups is 1. The lowest BCUT2D eigenvalue weighted by molar-refractivity contribution is -0.136. The summed E-state index contributed by atoms with van der Waals surface area (Å²) in [5, 5.41) is 9.16. The van der Waals surface area contributed by atoms with Gasteiger partial charge in [0.15, 0.2) is 5.16 Å². The zero-order valence-electron chi connectivity index (χ0n) is 7.48. The second-order valence-corrected chi connectivity index (χ2v) is 4.14. The number of aliphatic carboxylic acids is 1. The molecule has 6 heteroatoms. The largest absolute Gasteiger partial charge is 0.480 e. The molecule has 0 aliphatic rings. The van der Waals surface area contributed by atoms with Crippen LogP contribution in [-0.2, 0) is 4.79 Å². The number of carboxylic acids is 1. The zero-order chi connectivity index (χ0) is 10.6. The minimum atomic E-state index is -0.851. The third kappa shape index (κ3) is 3.16. The number of halogens is 1. The van der Waals surface area contributed by atoms with E-state index in [1.807, 2.05) is 6.92 Å². The summed E-state index contributed by atoms with van der Waals surface area (Å²) < 4.78 is 0. The summed E-state index contributed by atoms with van der Waals surface area (Å²) in [6.45, 7) is 1.81. The minimum absolute atomic E-state index is 0.434. The van der Waals surface area contributed by atoms with Gasteiger partial charge < -0.3 is 5.11 Å². The van der Waals surface area contributed by atoms with Gasteiger partial charge in [-0.3, -0.25) is 4.79 Å². The van der Waals surface area contributed by atoms with Crippen molar-refractivity contribution in [3.8, 4) is 0 Å². The van der Waals surface area contributed by atoms with Crippen LogP contribution in [0.1, 0.15) is 13.3 Å². The monoisotopic (exact) mass is 232 g/mol. The summed E-state index contributed by atoms with van der Waals surface area (Å²) >= 11 is 6.72. The van der Waals surface area contributed by atoms with E-state index in [9.17, 15) is 4.79 Å². The Hall–Kier alpha value is -0.810. The van der Waals surface area contributed by atoms with Gasteiger partial charge in [-0.15, -0.1) is 0 Å². The molecule has 1 heterocycles. The highest BCUT2D eigenvalue weighted by Gasteiger charge is 2.17. The standard InChI is InChI=1S/C8H9ClN2O2S/c1-2-6(7(12)13)14-8-10-3-5(9)4-11-8/h3-4,6H,2H2,1H3,(H,12,13). The van der Waals surface area contributed by atoms with Gasteiger partial charge in [-0.25, -0.2) is 9.97 Å². The maximum absolute atomic E-state index is 10.7. The molecular weight excluding hydrogens is 224 g/mol. The lowest BCUT2D eigenvalue weighted by Gasteiger charge is -2.06. The molecule has 0 spiro atoms. The van der Waals surface area contributed by atoms with Crippen LogP contribution >= 0.6 is 23.4 Å². The van der Waals surface area contributed by atoms with Gasteiger partial charge in [0, 0.05) is 0 Å². The fraction of sp³-hybridized carbons (Fsp3) is 0.375. The van der Waals surface area contributed by atoms with Crippen LogP contribution in [0.25, 0.3) is 0 Å². The summed E-state index contributed by atoms with van der Waals surface area (Å²) in [7, 11) is 0. The molecule has 1 atom stereocenters. The first-order valence-corrected chi connectivity index (χ1v) is 5.26. The van der Waals surface area contributed by atoms with Crippen molar-refractivity contribution in [1.82, 2.24) is 9.97 Å². The van der Waals surface area contributed by atoms with Crippen LogP contribution in [-0.4, -0.2) is 26.3 Å². The molecule has 1 N–H and O–H groups in total. The molecule has 0 aromatic carbocycles. The highest BCUT2D eigenvalue weighted by molar-refractivity contribution is 8.00. The summed E-state index contributed by atoms with van der Waals surface area (Å²) in [5.41, 5.74) is 0. The van der Waals surface area contributed by atoms with Gasteiger partial charge in [-0.05, 0) is 6.42 Å². The topological polar surface area (TPSA) is 63.1 Å². The van der Waals surface area contributed by atoms with Crippen molar-refractivity contribution in [2.75, 3.05) is 0 Å². The van der Waals surface area contributed by atoms with Gasteiger partial charge in [0.25, 0.3) is 0 Å². The molecule has 0 aliphatic carbocycles. The molecular formula is C8H9ClN2O2S. The van der Waals surface area contributed by atoms with Crippen molar-refractivity contribution in [3.63, 3.8) is 0 Å². The number of hydrogen-bond acceptors (Lipinski definition) is 4. The Morgan fingerprint density at radius 2 is 2.21 bits per heavy atom. The average molecular weight is 233 g/mol. The van der Waals surface area contributed by atoms with Gasteiger partial charge in [0.2, 0.25) is 0 Å². The number of carboxylic acid groups (broad SMARTS) is 1. The second-order valence-electron chi connectivity index (χ2n) is 2.54. The third-order valence-electron chi connectivity index (χ3n) is 1.49. The Bertz CT molecular complexity index is 318. The maximum atomic E-state index is 10.7. The van der Waals surface area contributed by atoms with Crippen LogP contribution in [0.2, 0.25) is 5.02 Å². The summed E-state index contributed by atoms with van der Waals surface area (Å²) in [4.78, 5) is 18.5. The highest BCUT2D eigenvalue weighted by Crippen LogP contribution is 2.22. The van der Waals surface area contributed by atoms with Crippen molar-refractivity contribution >= 4 is 29.3 Å². The minimum Gasteiger partial charge on any atom is -0.480 e. The normalized spacial score (nSPS) is 12.4. The van der Waals surface area contributed by atoms with Gasteiger partial charge >= 0.3 is 5.97 Å². The molecule has 4 nitrogen and oxygen atoms in total. The molecule has 0 aliphatic heterocycles. The van der Waals surface area contributed by atoms with E-state index >= 15 is 0 Å². The molecule has 0 saturated carbocycles. The fourth-order valence-electron chi connectivity index (χ4n) is 0.797. The van der Waals surface area contributed by atoms with E-state index in [4.69, 9.17) is 16.7 Å². The van der Waals surface area contributed by atoms with E-state index in [2.05, 4.69) is 9.97 Å². The lowest BCUT2D eigenvalue weighted by atomic mass is 10.3. The first kappa shape index (κ1) is 11.3. The molecule has 1 unspecified atom stereocenters. The molecule has 14 heavy (non-hydrogen) atoms. The zero-order valence-corrected chi connectivity index (χ0v) is 9.05. The predicted molar refractivity (Wildman–Crippen MR) is 54.6 cm³/mol. The van der Waals surface area contributed by atoms with Crippen molar-refractivity contribution in [2.45, 2.75) is 23.8 Å². The van der Waals surface area contributed by atoms with Gasteiger partial charge in [0.05, 0.1) is 17.4 Å². The van der Waals surface area contributed by atoms with Crippen LogP contribution in [0.15, 0.2) is 17.6 Å². The molecule has 0 saturated heterocycles. The number of thioether (sulfide) groups is 1. The number of hydrogen-bond donors (Lipinski definition) is 1. The van der Waals surface area contributed by atoms with Crippen LogP contribution in [0.3, 0.4) is 0 Å². The molecule has 76 valence electrons. The highest BCUT2D eigenvalue weighted by atomic mass is 35.5. The molecule has 1 aromatic heterocycles. The van der Waals surface area contributed by atoms with Crippen LogP contribution in [0.4, 0.5) is 0 Å². The molecule has 1 aromatic rings. The number of rotatable bonds is 4. The maximum Gasteiger partial charge on any atom is 0.317 e.